The molecule has 0 amide bonds. The predicted molar refractivity (Wildman–Crippen MR) is 50.0 cm³/mol. The predicted octanol–water partition coefficient (Wildman–Crippen LogP) is -0.768. The first-order chi connectivity index (χ1) is 6.07. The van der Waals surface area contributed by atoms with Gasteiger partial charge in [0.1, 0.15) is 0 Å². The van der Waals surface area contributed by atoms with E-state index in [2.05, 4.69) is 5.32 Å². The van der Waals surface area contributed by atoms with Crippen LogP contribution in [0.15, 0.2) is 0 Å². The molecule has 0 rings (SSSR count). The van der Waals surface area contributed by atoms with Crippen molar-refractivity contribution in [3.8, 4) is 0 Å². The molecule has 0 aromatic carbocycles. The molecule has 0 aliphatic rings. The standard InChI is InChI=1S/C9H20N2O2/c1-7(2)11-8(9(12)13)5-3-4-6-10/h7-8,11H,3-6,10H2,1-2H3,(H,12,13)/p-1. The summed E-state index contributed by atoms with van der Waals surface area (Å²) in [5.41, 5.74) is 5.31. The fraction of sp³-hybridized carbons (Fsp3) is 0.889. The highest BCUT2D eigenvalue weighted by molar-refractivity contribution is 5.71. The molecule has 0 aromatic rings. The minimum Gasteiger partial charge on any atom is -0.548 e. The van der Waals surface area contributed by atoms with Crippen molar-refractivity contribution in [2.75, 3.05) is 6.54 Å². The van der Waals surface area contributed by atoms with Crippen LogP contribution in [-0.2, 0) is 4.79 Å². The zero-order chi connectivity index (χ0) is 10.3. The molecular formula is C9H19N2O2-. The van der Waals surface area contributed by atoms with Gasteiger partial charge in [0.2, 0.25) is 0 Å². The lowest BCUT2D eigenvalue weighted by Crippen LogP contribution is -2.47. The second kappa shape index (κ2) is 6.86. The van der Waals surface area contributed by atoms with Crippen molar-refractivity contribution in [1.29, 1.82) is 0 Å². The third-order valence-corrected chi connectivity index (χ3v) is 1.77. The van der Waals surface area contributed by atoms with Gasteiger partial charge in [-0.2, -0.15) is 0 Å². The summed E-state index contributed by atoms with van der Waals surface area (Å²) in [6.45, 7) is 4.44. The average Bonchev–Trinajstić information content (AvgIpc) is 2.02. The van der Waals surface area contributed by atoms with Crippen molar-refractivity contribution >= 4 is 5.97 Å². The lowest BCUT2D eigenvalue weighted by molar-refractivity contribution is -0.308. The first-order valence-electron chi connectivity index (χ1n) is 4.75. The smallest absolute Gasteiger partial charge is 0.0584 e. The summed E-state index contributed by atoms with van der Waals surface area (Å²) in [7, 11) is 0. The monoisotopic (exact) mass is 187 g/mol. The minimum absolute atomic E-state index is 0.167. The molecule has 0 radical (unpaired) electrons. The van der Waals surface area contributed by atoms with Gasteiger partial charge in [-0.3, -0.25) is 0 Å². The number of carboxylic acid groups (broad SMARTS) is 1. The summed E-state index contributed by atoms with van der Waals surface area (Å²) in [6.07, 6.45) is 2.29. The Hall–Kier alpha value is -0.610. The third-order valence-electron chi connectivity index (χ3n) is 1.77. The van der Waals surface area contributed by atoms with Crippen LogP contribution in [0.2, 0.25) is 0 Å². The summed E-state index contributed by atoms with van der Waals surface area (Å²) in [5.74, 6) is -1.02. The second-order valence-electron chi connectivity index (χ2n) is 3.48. The third kappa shape index (κ3) is 6.54. The molecule has 4 nitrogen and oxygen atoms in total. The Kier molecular flexibility index (Phi) is 6.54. The maximum atomic E-state index is 10.6. The van der Waals surface area contributed by atoms with Gasteiger partial charge < -0.3 is 21.0 Å². The van der Waals surface area contributed by atoms with Crippen LogP contribution in [0.5, 0.6) is 0 Å². The topological polar surface area (TPSA) is 78.2 Å². The van der Waals surface area contributed by atoms with E-state index in [1.807, 2.05) is 13.8 Å². The lowest BCUT2D eigenvalue weighted by atomic mass is 10.1. The summed E-state index contributed by atoms with van der Waals surface area (Å²) in [6, 6.07) is -0.368. The van der Waals surface area contributed by atoms with Gasteiger partial charge in [-0.25, -0.2) is 0 Å². The quantitative estimate of drug-likeness (QED) is 0.513. The van der Waals surface area contributed by atoms with Gasteiger partial charge in [-0.1, -0.05) is 20.3 Å². The number of rotatable bonds is 7. The van der Waals surface area contributed by atoms with Crippen molar-refractivity contribution in [2.45, 2.75) is 45.2 Å². The fourth-order valence-corrected chi connectivity index (χ4v) is 1.16. The van der Waals surface area contributed by atoms with Crippen LogP contribution in [0.25, 0.3) is 0 Å². The Bertz CT molecular complexity index is 149. The van der Waals surface area contributed by atoms with E-state index in [1.165, 1.54) is 0 Å². The molecule has 0 saturated heterocycles. The highest BCUT2D eigenvalue weighted by atomic mass is 16.4. The maximum Gasteiger partial charge on any atom is 0.0584 e. The number of hydrogen-bond donors (Lipinski definition) is 2. The molecule has 0 saturated carbocycles. The number of nitrogens with one attached hydrogen (secondary N) is 1. The number of carboxylic acids is 1. The molecule has 78 valence electrons. The molecule has 0 spiro atoms. The van der Waals surface area contributed by atoms with Crippen LogP contribution < -0.4 is 16.2 Å². The molecule has 0 fully saturated rings. The van der Waals surface area contributed by atoms with E-state index in [4.69, 9.17) is 5.73 Å². The van der Waals surface area contributed by atoms with Crippen LogP contribution in [0.1, 0.15) is 33.1 Å². The lowest BCUT2D eigenvalue weighted by Gasteiger charge is -2.21. The molecule has 13 heavy (non-hydrogen) atoms. The average molecular weight is 187 g/mol. The zero-order valence-electron chi connectivity index (χ0n) is 8.38. The molecule has 4 heteroatoms. The van der Waals surface area contributed by atoms with Crippen molar-refractivity contribution in [3.63, 3.8) is 0 Å². The van der Waals surface area contributed by atoms with E-state index < -0.39 is 12.0 Å². The Morgan fingerprint density at radius 1 is 1.46 bits per heavy atom. The van der Waals surface area contributed by atoms with Gasteiger partial charge in [0.25, 0.3) is 0 Å². The summed E-state index contributed by atoms with van der Waals surface area (Å²) in [4.78, 5) is 10.6. The Morgan fingerprint density at radius 2 is 2.08 bits per heavy atom. The molecule has 0 heterocycles. The Balaban J connectivity index is 3.74. The van der Waals surface area contributed by atoms with Crippen molar-refractivity contribution in [2.24, 2.45) is 5.73 Å². The molecule has 3 N–H and O–H groups in total. The summed E-state index contributed by atoms with van der Waals surface area (Å²) < 4.78 is 0. The first-order valence-corrected chi connectivity index (χ1v) is 4.75. The molecular weight excluding hydrogens is 168 g/mol. The number of carbonyl (C=O) groups excluding carboxylic acids is 1. The van der Waals surface area contributed by atoms with Crippen molar-refractivity contribution in [1.82, 2.24) is 5.32 Å². The van der Waals surface area contributed by atoms with Crippen molar-refractivity contribution < 1.29 is 9.90 Å². The van der Waals surface area contributed by atoms with Crippen LogP contribution in [-0.4, -0.2) is 24.6 Å². The SMILES string of the molecule is CC(C)NC(CCCCN)C(=O)[O-]. The van der Waals surface area contributed by atoms with E-state index in [-0.39, 0.29) is 6.04 Å². The van der Waals surface area contributed by atoms with E-state index >= 15 is 0 Å². The molecule has 0 bridgehead atoms. The highest BCUT2D eigenvalue weighted by Gasteiger charge is 2.09. The summed E-state index contributed by atoms with van der Waals surface area (Å²) in [5, 5.41) is 13.6. The number of carbonyl (C=O) groups is 1. The molecule has 0 aromatic heterocycles. The Labute approximate surface area is 79.5 Å². The van der Waals surface area contributed by atoms with E-state index in [0.29, 0.717) is 13.0 Å². The number of hydrogen-bond acceptors (Lipinski definition) is 4. The van der Waals surface area contributed by atoms with Gasteiger partial charge in [-0.05, 0) is 19.4 Å². The second-order valence-corrected chi connectivity index (χ2v) is 3.48. The number of unbranched alkanes of at least 4 members (excludes halogenated alkanes) is 1. The van der Waals surface area contributed by atoms with Crippen molar-refractivity contribution in [3.05, 3.63) is 0 Å². The van der Waals surface area contributed by atoms with E-state index in [0.717, 1.165) is 12.8 Å². The fourth-order valence-electron chi connectivity index (χ4n) is 1.16. The zero-order valence-corrected chi connectivity index (χ0v) is 8.38. The van der Waals surface area contributed by atoms with Crippen LogP contribution >= 0.6 is 0 Å². The van der Waals surface area contributed by atoms with Gasteiger partial charge in [0.15, 0.2) is 0 Å². The normalized spacial score (nSPS) is 13.2. The van der Waals surface area contributed by atoms with E-state index in [9.17, 15) is 9.90 Å². The highest BCUT2D eigenvalue weighted by Crippen LogP contribution is 2.00. The van der Waals surface area contributed by atoms with Crippen LogP contribution in [0.3, 0.4) is 0 Å². The van der Waals surface area contributed by atoms with Crippen LogP contribution in [0, 0.1) is 0 Å². The van der Waals surface area contributed by atoms with Gasteiger partial charge in [0.05, 0.1) is 5.97 Å². The van der Waals surface area contributed by atoms with Gasteiger partial charge in [0, 0.05) is 12.1 Å². The Morgan fingerprint density at radius 3 is 2.46 bits per heavy atom. The van der Waals surface area contributed by atoms with Crippen LogP contribution in [0.4, 0.5) is 0 Å². The minimum atomic E-state index is -1.02. The summed E-state index contributed by atoms with van der Waals surface area (Å²) >= 11 is 0. The molecule has 0 aliphatic heterocycles. The number of nitrogens with two attached hydrogens (primary N) is 1. The molecule has 0 aliphatic carbocycles. The van der Waals surface area contributed by atoms with Gasteiger partial charge in [-0.15, -0.1) is 0 Å². The van der Waals surface area contributed by atoms with E-state index in [1.54, 1.807) is 0 Å². The molecule has 1 unspecified atom stereocenters. The largest absolute Gasteiger partial charge is 0.548 e. The maximum absolute atomic E-state index is 10.6. The molecule has 1 atom stereocenters. The first kappa shape index (κ1) is 12.4. The van der Waals surface area contributed by atoms with Gasteiger partial charge >= 0.3 is 0 Å². The number of aliphatic carboxylic acids is 1.